The Morgan fingerprint density at radius 2 is 2.14 bits per heavy atom. The van der Waals surface area contributed by atoms with Gasteiger partial charge in [-0.25, -0.2) is 8.42 Å². The predicted octanol–water partition coefficient (Wildman–Crippen LogP) is 1.44. The van der Waals surface area contributed by atoms with Crippen LogP contribution in [0.15, 0.2) is 18.2 Å². The maximum atomic E-state index is 12.7. The molecule has 0 radical (unpaired) electrons. The van der Waals surface area contributed by atoms with Crippen LogP contribution < -0.4 is 15.4 Å². The monoisotopic (exact) mass is 404 g/mol. The summed E-state index contributed by atoms with van der Waals surface area (Å²) in [4.78, 5) is 24.1. The lowest BCUT2D eigenvalue weighted by molar-refractivity contribution is -0.118. The molecule has 1 aromatic heterocycles. The van der Waals surface area contributed by atoms with Crippen LogP contribution in [0.5, 0.6) is 5.75 Å². The fourth-order valence-electron chi connectivity index (χ4n) is 3.57. The van der Waals surface area contributed by atoms with E-state index in [1.807, 2.05) is 6.92 Å². The Balaban J connectivity index is 1.56. The second-order valence-corrected chi connectivity index (χ2v) is 9.28. The van der Waals surface area contributed by atoms with Gasteiger partial charge in [-0.3, -0.25) is 14.3 Å². The summed E-state index contributed by atoms with van der Waals surface area (Å²) in [6, 6.07) is 4.58. The van der Waals surface area contributed by atoms with Crippen LogP contribution in [0.1, 0.15) is 34.2 Å². The highest BCUT2D eigenvalue weighted by Crippen LogP contribution is 2.31. The Labute approximate surface area is 162 Å². The van der Waals surface area contributed by atoms with E-state index in [2.05, 4.69) is 15.7 Å². The van der Waals surface area contributed by atoms with Crippen molar-refractivity contribution < 1.29 is 22.7 Å². The summed E-state index contributed by atoms with van der Waals surface area (Å²) in [5, 5.41) is 9.99. The van der Waals surface area contributed by atoms with E-state index in [0.717, 1.165) is 5.69 Å². The Morgan fingerprint density at radius 3 is 2.86 bits per heavy atom. The minimum atomic E-state index is -3.03. The number of hydrogen-bond donors (Lipinski definition) is 2. The third kappa shape index (κ3) is 3.35. The Hall–Kier alpha value is -2.88. The van der Waals surface area contributed by atoms with E-state index < -0.39 is 9.84 Å². The van der Waals surface area contributed by atoms with Crippen molar-refractivity contribution in [2.45, 2.75) is 26.3 Å². The van der Waals surface area contributed by atoms with Gasteiger partial charge in [0.25, 0.3) is 11.8 Å². The van der Waals surface area contributed by atoms with E-state index >= 15 is 0 Å². The summed E-state index contributed by atoms with van der Waals surface area (Å²) in [6.07, 6.45) is 0.519. The van der Waals surface area contributed by atoms with Crippen molar-refractivity contribution in [3.8, 4) is 5.75 Å². The van der Waals surface area contributed by atoms with Gasteiger partial charge >= 0.3 is 0 Å². The summed E-state index contributed by atoms with van der Waals surface area (Å²) >= 11 is 0. The van der Waals surface area contributed by atoms with E-state index in [9.17, 15) is 18.0 Å². The van der Waals surface area contributed by atoms with Gasteiger partial charge in [0.15, 0.2) is 16.4 Å². The van der Waals surface area contributed by atoms with Crippen LogP contribution in [0.3, 0.4) is 0 Å². The molecule has 1 aromatic carbocycles. The standard InChI is InChI=1S/C18H20N4O5S/c1-10-17(11(2)22(21-10)13-5-6-28(25,26)9-13)20-18(24)12-3-4-14-15(7-12)27-8-16(23)19-14/h3-4,7,13H,5-6,8-9H2,1-2H3,(H,19,23)(H,20,24). The van der Waals surface area contributed by atoms with Crippen LogP contribution >= 0.6 is 0 Å². The molecule has 1 fully saturated rings. The lowest BCUT2D eigenvalue weighted by Gasteiger charge is -2.18. The summed E-state index contributed by atoms with van der Waals surface area (Å²) in [7, 11) is -3.03. The van der Waals surface area contributed by atoms with Gasteiger partial charge in [0, 0.05) is 5.56 Å². The molecule has 2 aliphatic rings. The average Bonchev–Trinajstić information content (AvgIpc) is 3.14. The highest BCUT2D eigenvalue weighted by molar-refractivity contribution is 7.91. The number of rotatable bonds is 3. The summed E-state index contributed by atoms with van der Waals surface area (Å²) in [5.74, 6) is 0.0810. The molecule has 2 aromatic rings. The molecule has 3 heterocycles. The van der Waals surface area contributed by atoms with Crippen molar-refractivity contribution in [1.82, 2.24) is 9.78 Å². The van der Waals surface area contributed by atoms with Crippen molar-refractivity contribution in [1.29, 1.82) is 0 Å². The van der Waals surface area contributed by atoms with E-state index in [-0.39, 0.29) is 36.0 Å². The number of fused-ring (bicyclic) bond motifs is 1. The third-order valence-corrected chi connectivity index (χ3v) is 6.74. The number of nitrogens with zero attached hydrogens (tertiary/aromatic N) is 2. The van der Waals surface area contributed by atoms with Gasteiger partial charge in [-0.2, -0.15) is 5.10 Å². The Kier molecular flexibility index (Phi) is 4.37. The Morgan fingerprint density at radius 1 is 1.36 bits per heavy atom. The van der Waals surface area contributed by atoms with E-state index in [4.69, 9.17) is 4.74 Å². The second kappa shape index (κ2) is 6.62. The number of hydrogen-bond acceptors (Lipinski definition) is 6. The quantitative estimate of drug-likeness (QED) is 0.799. The maximum absolute atomic E-state index is 12.7. The first kappa shape index (κ1) is 18.5. The lowest BCUT2D eigenvalue weighted by Crippen LogP contribution is -2.25. The largest absolute Gasteiger partial charge is 0.482 e. The molecule has 2 N–H and O–H groups in total. The molecule has 2 amide bonds. The highest BCUT2D eigenvalue weighted by atomic mass is 32.2. The molecular weight excluding hydrogens is 384 g/mol. The van der Waals surface area contributed by atoms with Gasteiger partial charge in [0.05, 0.1) is 40.3 Å². The number of carbonyl (C=O) groups is 2. The number of benzene rings is 1. The second-order valence-electron chi connectivity index (χ2n) is 7.05. The van der Waals surface area contributed by atoms with Gasteiger partial charge in [-0.1, -0.05) is 0 Å². The van der Waals surface area contributed by atoms with Crippen LogP contribution in [-0.4, -0.2) is 48.1 Å². The van der Waals surface area contributed by atoms with Crippen LogP contribution in [0.2, 0.25) is 0 Å². The number of anilines is 2. The van der Waals surface area contributed by atoms with Crippen molar-refractivity contribution in [3.05, 3.63) is 35.2 Å². The summed E-state index contributed by atoms with van der Waals surface area (Å²) in [6.45, 7) is 3.49. The summed E-state index contributed by atoms with van der Waals surface area (Å²) in [5.41, 5.74) is 2.81. The van der Waals surface area contributed by atoms with Crippen molar-refractivity contribution in [3.63, 3.8) is 0 Å². The molecule has 28 heavy (non-hydrogen) atoms. The first-order chi connectivity index (χ1) is 13.2. The van der Waals surface area contributed by atoms with Gasteiger partial charge in [0.1, 0.15) is 5.75 Å². The zero-order chi connectivity index (χ0) is 20.1. The minimum Gasteiger partial charge on any atom is -0.482 e. The SMILES string of the molecule is Cc1nn(C2CCS(=O)(=O)C2)c(C)c1NC(=O)c1ccc2c(c1)OCC(=O)N2. The number of aromatic nitrogens is 2. The molecule has 1 saturated heterocycles. The van der Waals surface area contributed by atoms with Crippen molar-refractivity contribution >= 4 is 33.0 Å². The zero-order valence-corrected chi connectivity index (χ0v) is 16.3. The van der Waals surface area contributed by atoms with E-state index in [1.165, 1.54) is 0 Å². The molecule has 2 aliphatic heterocycles. The number of ether oxygens (including phenoxy) is 1. The molecule has 1 unspecified atom stereocenters. The fraction of sp³-hybridized carbons (Fsp3) is 0.389. The van der Waals surface area contributed by atoms with Crippen molar-refractivity contribution in [2.24, 2.45) is 0 Å². The number of carbonyl (C=O) groups excluding carboxylic acids is 2. The van der Waals surface area contributed by atoms with Gasteiger partial charge in [-0.15, -0.1) is 0 Å². The third-order valence-electron chi connectivity index (χ3n) is 4.99. The molecule has 0 bridgehead atoms. The molecule has 10 heteroatoms. The molecule has 1 atom stereocenters. The van der Waals surface area contributed by atoms with Crippen LogP contribution in [0.25, 0.3) is 0 Å². The van der Waals surface area contributed by atoms with Gasteiger partial charge in [-0.05, 0) is 38.5 Å². The van der Waals surface area contributed by atoms with Gasteiger partial charge in [0.2, 0.25) is 0 Å². The molecule has 0 spiro atoms. The first-order valence-corrected chi connectivity index (χ1v) is 10.7. The predicted molar refractivity (Wildman–Crippen MR) is 103 cm³/mol. The lowest BCUT2D eigenvalue weighted by atomic mass is 10.1. The normalized spacial score (nSPS) is 20.2. The Bertz CT molecular complexity index is 1090. The van der Waals surface area contributed by atoms with Crippen LogP contribution in [0.4, 0.5) is 11.4 Å². The van der Waals surface area contributed by atoms with Gasteiger partial charge < -0.3 is 15.4 Å². The molecule has 4 rings (SSSR count). The summed E-state index contributed by atoms with van der Waals surface area (Å²) < 4.78 is 30.6. The molecule has 9 nitrogen and oxygen atoms in total. The fourth-order valence-corrected chi connectivity index (χ4v) is 5.26. The minimum absolute atomic E-state index is 0.0657. The van der Waals surface area contributed by atoms with E-state index in [1.54, 1.807) is 29.8 Å². The zero-order valence-electron chi connectivity index (χ0n) is 15.5. The topological polar surface area (TPSA) is 119 Å². The molecular formula is C18H20N4O5S. The number of aryl methyl sites for hydroxylation is 1. The molecule has 148 valence electrons. The highest BCUT2D eigenvalue weighted by Gasteiger charge is 2.31. The number of sulfone groups is 1. The molecule has 0 aliphatic carbocycles. The molecule has 0 saturated carbocycles. The van der Waals surface area contributed by atoms with Crippen LogP contribution in [-0.2, 0) is 14.6 Å². The first-order valence-electron chi connectivity index (χ1n) is 8.88. The average molecular weight is 404 g/mol. The van der Waals surface area contributed by atoms with E-state index in [0.29, 0.717) is 34.8 Å². The number of nitrogens with one attached hydrogen (secondary N) is 2. The maximum Gasteiger partial charge on any atom is 0.262 e. The van der Waals surface area contributed by atoms with Crippen molar-refractivity contribution in [2.75, 3.05) is 28.7 Å². The van der Waals surface area contributed by atoms with Crippen LogP contribution in [0, 0.1) is 13.8 Å². The smallest absolute Gasteiger partial charge is 0.262 e. The number of amides is 2.